The van der Waals surface area contributed by atoms with Crippen molar-refractivity contribution in [3.63, 3.8) is 0 Å². The molecular formula is C25H28N2O2. The molecule has 4 heteroatoms. The van der Waals surface area contributed by atoms with Crippen LogP contribution < -0.4 is 10.6 Å². The Morgan fingerprint density at radius 1 is 0.862 bits per heavy atom. The van der Waals surface area contributed by atoms with E-state index in [9.17, 15) is 9.90 Å². The zero-order valence-electron chi connectivity index (χ0n) is 16.7. The molecule has 0 heterocycles. The molecule has 0 spiro atoms. The van der Waals surface area contributed by atoms with Crippen LogP contribution in [0.3, 0.4) is 0 Å². The Balaban J connectivity index is 1.45. The Morgan fingerprint density at radius 2 is 1.48 bits per heavy atom. The van der Waals surface area contributed by atoms with E-state index >= 15 is 0 Å². The fraction of sp³-hybridized carbons (Fsp3) is 0.240. The van der Waals surface area contributed by atoms with Gasteiger partial charge < -0.3 is 15.7 Å². The van der Waals surface area contributed by atoms with Gasteiger partial charge in [-0.3, -0.25) is 4.79 Å². The van der Waals surface area contributed by atoms with E-state index in [1.807, 2.05) is 84.9 Å². The lowest BCUT2D eigenvalue weighted by molar-refractivity contribution is 0.0951. The summed E-state index contributed by atoms with van der Waals surface area (Å²) in [6, 6.07) is 27.4. The molecule has 1 unspecified atom stereocenters. The van der Waals surface area contributed by atoms with Crippen LogP contribution in [-0.4, -0.2) is 23.6 Å². The summed E-state index contributed by atoms with van der Waals surface area (Å²) in [5.74, 6) is -0.0717. The van der Waals surface area contributed by atoms with Crippen molar-refractivity contribution < 1.29 is 9.90 Å². The number of aliphatic hydroxyl groups excluding tert-OH is 1. The molecule has 2 atom stereocenters. The largest absolute Gasteiger partial charge is 0.387 e. The lowest BCUT2D eigenvalue weighted by Crippen LogP contribution is -2.32. The van der Waals surface area contributed by atoms with Crippen molar-refractivity contribution in [2.24, 2.45) is 0 Å². The maximum absolute atomic E-state index is 12.3. The highest BCUT2D eigenvalue weighted by Crippen LogP contribution is 2.12. The summed E-state index contributed by atoms with van der Waals surface area (Å²) < 4.78 is 0. The summed E-state index contributed by atoms with van der Waals surface area (Å²) in [6.07, 6.45) is 0.308. The normalized spacial score (nSPS) is 12.9. The van der Waals surface area contributed by atoms with Crippen LogP contribution in [0.15, 0.2) is 84.9 Å². The van der Waals surface area contributed by atoms with Crippen LogP contribution in [-0.2, 0) is 13.0 Å². The van der Waals surface area contributed by atoms with E-state index in [1.165, 1.54) is 0 Å². The van der Waals surface area contributed by atoms with E-state index in [2.05, 4.69) is 17.6 Å². The smallest absolute Gasteiger partial charge is 0.251 e. The van der Waals surface area contributed by atoms with Crippen molar-refractivity contribution in [1.82, 2.24) is 10.6 Å². The number of carbonyl (C=O) groups excluding carboxylic acids is 1. The van der Waals surface area contributed by atoms with Crippen molar-refractivity contribution in [3.8, 4) is 0 Å². The molecule has 0 aliphatic carbocycles. The number of benzene rings is 3. The lowest BCUT2D eigenvalue weighted by atomic mass is 10.0. The Hall–Kier alpha value is -2.95. The van der Waals surface area contributed by atoms with Crippen molar-refractivity contribution in [3.05, 3.63) is 107 Å². The minimum Gasteiger partial charge on any atom is -0.387 e. The fourth-order valence-electron chi connectivity index (χ4n) is 3.20. The first-order chi connectivity index (χ1) is 14.1. The van der Waals surface area contributed by atoms with Gasteiger partial charge in [0.1, 0.15) is 0 Å². The number of hydrogen-bond donors (Lipinski definition) is 3. The summed E-state index contributed by atoms with van der Waals surface area (Å²) >= 11 is 0. The van der Waals surface area contributed by atoms with Crippen LogP contribution in [0.1, 0.15) is 40.1 Å². The zero-order chi connectivity index (χ0) is 20.5. The van der Waals surface area contributed by atoms with Crippen molar-refractivity contribution in [2.75, 3.05) is 6.54 Å². The Labute approximate surface area is 172 Å². The summed E-state index contributed by atoms with van der Waals surface area (Å²) in [5, 5.41) is 16.6. The average Bonchev–Trinajstić information content (AvgIpc) is 2.77. The van der Waals surface area contributed by atoms with Gasteiger partial charge in [0, 0.05) is 24.7 Å². The monoisotopic (exact) mass is 388 g/mol. The highest BCUT2D eigenvalue weighted by molar-refractivity contribution is 5.94. The number of carbonyl (C=O) groups is 1. The second kappa shape index (κ2) is 10.6. The maximum atomic E-state index is 12.3. The summed E-state index contributed by atoms with van der Waals surface area (Å²) in [4.78, 5) is 12.3. The highest BCUT2D eigenvalue weighted by Gasteiger charge is 2.10. The fourth-order valence-corrected chi connectivity index (χ4v) is 3.20. The van der Waals surface area contributed by atoms with Gasteiger partial charge in [-0.2, -0.15) is 0 Å². The van der Waals surface area contributed by atoms with Gasteiger partial charge in [0.2, 0.25) is 0 Å². The molecule has 3 aromatic rings. The van der Waals surface area contributed by atoms with Gasteiger partial charge in [-0.05, 0) is 42.2 Å². The molecule has 1 amide bonds. The summed E-state index contributed by atoms with van der Waals surface area (Å²) in [6.45, 7) is 3.12. The number of rotatable bonds is 9. The third kappa shape index (κ3) is 6.56. The van der Waals surface area contributed by atoms with Crippen LogP contribution in [0, 0.1) is 0 Å². The number of nitrogens with one attached hydrogen (secondary N) is 2. The molecule has 0 aliphatic heterocycles. The predicted molar refractivity (Wildman–Crippen MR) is 117 cm³/mol. The molecule has 0 saturated heterocycles. The second-order valence-electron chi connectivity index (χ2n) is 7.31. The Bertz CT molecular complexity index is 880. The molecule has 0 fully saturated rings. The SMILES string of the molecule is CC(Cc1ccc(C(=O)NCc2ccccc2)cc1)NC[C@H](O)c1ccccc1. The van der Waals surface area contributed by atoms with Gasteiger partial charge in [0.15, 0.2) is 0 Å². The molecule has 3 N–H and O–H groups in total. The maximum Gasteiger partial charge on any atom is 0.251 e. The van der Waals surface area contributed by atoms with Gasteiger partial charge in [0.25, 0.3) is 5.91 Å². The van der Waals surface area contributed by atoms with Crippen molar-refractivity contribution in [1.29, 1.82) is 0 Å². The van der Waals surface area contributed by atoms with Crippen LogP contribution in [0.25, 0.3) is 0 Å². The van der Waals surface area contributed by atoms with Crippen molar-refractivity contribution in [2.45, 2.75) is 32.0 Å². The van der Waals surface area contributed by atoms with E-state index < -0.39 is 6.10 Å². The number of amides is 1. The quantitative estimate of drug-likeness (QED) is 0.521. The van der Waals surface area contributed by atoms with Crippen molar-refractivity contribution >= 4 is 5.91 Å². The topological polar surface area (TPSA) is 61.4 Å². The first-order valence-electron chi connectivity index (χ1n) is 9.99. The van der Waals surface area contributed by atoms with E-state index in [0.29, 0.717) is 18.7 Å². The molecule has 0 saturated carbocycles. The standard InChI is InChI=1S/C25H28N2O2/c1-19(26-18-24(28)22-10-6-3-7-11-22)16-20-12-14-23(15-13-20)25(29)27-17-21-8-4-2-5-9-21/h2-15,19,24,26,28H,16-18H2,1H3,(H,27,29)/t19?,24-/m0/s1. The minimum atomic E-state index is -0.519. The van der Waals surface area contributed by atoms with E-state index in [4.69, 9.17) is 0 Å². The highest BCUT2D eigenvalue weighted by atomic mass is 16.3. The third-order valence-electron chi connectivity index (χ3n) is 4.90. The summed E-state index contributed by atoms with van der Waals surface area (Å²) in [7, 11) is 0. The van der Waals surface area contributed by atoms with Crippen LogP contribution in [0.4, 0.5) is 0 Å². The molecule has 0 aromatic heterocycles. The van der Waals surface area contributed by atoms with Gasteiger partial charge in [0.05, 0.1) is 6.10 Å². The lowest BCUT2D eigenvalue weighted by Gasteiger charge is -2.17. The molecule has 0 aliphatic rings. The molecule has 0 radical (unpaired) electrons. The molecule has 3 rings (SSSR count). The van der Waals surface area contributed by atoms with Gasteiger partial charge in [-0.1, -0.05) is 72.8 Å². The van der Waals surface area contributed by atoms with Gasteiger partial charge >= 0.3 is 0 Å². The molecule has 4 nitrogen and oxygen atoms in total. The molecule has 29 heavy (non-hydrogen) atoms. The molecule has 0 bridgehead atoms. The average molecular weight is 389 g/mol. The van der Waals surface area contributed by atoms with Crippen LogP contribution in [0.2, 0.25) is 0 Å². The number of aliphatic hydroxyl groups is 1. The first-order valence-corrected chi connectivity index (χ1v) is 9.99. The van der Waals surface area contributed by atoms with E-state index in [0.717, 1.165) is 23.1 Å². The minimum absolute atomic E-state index is 0.0717. The molecular weight excluding hydrogens is 360 g/mol. The predicted octanol–water partition coefficient (Wildman–Crippen LogP) is 3.87. The zero-order valence-corrected chi connectivity index (χ0v) is 16.7. The van der Waals surface area contributed by atoms with E-state index in [-0.39, 0.29) is 11.9 Å². The van der Waals surface area contributed by atoms with E-state index in [1.54, 1.807) is 0 Å². The van der Waals surface area contributed by atoms with Gasteiger partial charge in [-0.25, -0.2) is 0 Å². The number of hydrogen-bond acceptors (Lipinski definition) is 3. The second-order valence-corrected chi connectivity index (χ2v) is 7.31. The molecule has 150 valence electrons. The third-order valence-corrected chi connectivity index (χ3v) is 4.90. The first kappa shape index (κ1) is 20.8. The Morgan fingerprint density at radius 3 is 2.14 bits per heavy atom. The molecule has 3 aromatic carbocycles. The van der Waals surface area contributed by atoms with Crippen LogP contribution >= 0.6 is 0 Å². The van der Waals surface area contributed by atoms with Crippen LogP contribution in [0.5, 0.6) is 0 Å². The Kier molecular flexibility index (Phi) is 7.56. The summed E-state index contributed by atoms with van der Waals surface area (Å²) in [5.41, 5.74) is 3.80. The van der Waals surface area contributed by atoms with Gasteiger partial charge in [-0.15, -0.1) is 0 Å².